The lowest BCUT2D eigenvalue weighted by Gasteiger charge is -2.27. The van der Waals surface area contributed by atoms with Crippen molar-refractivity contribution in [3.63, 3.8) is 0 Å². The highest BCUT2D eigenvalue weighted by atomic mass is 19.4. The van der Waals surface area contributed by atoms with Crippen LogP contribution in [0.1, 0.15) is 38.3 Å². The first-order chi connectivity index (χ1) is 15.5. The van der Waals surface area contributed by atoms with Crippen molar-refractivity contribution in [1.29, 1.82) is 0 Å². The van der Waals surface area contributed by atoms with E-state index in [1.165, 1.54) is 6.07 Å². The molecule has 3 aromatic rings. The Bertz CT molecular complexity index is 1050. The minimum atomic E-state index is -4.57. The summed E-state index contributed by atoms with van der Waals surface area (Å²) < 4.78 is 47.0. The number of hydrogen-bond donors (Lipinski definition) is 2. The Morgan fingerprint density at radius 2 is 1.82 bits per heavy atom. The second-order valence-electron chi connectivity index (χ2n) is 8.89. The van der Waals surface area contributed by atoms with Crippen molar-refractivity contribution in [1.82, 2.24) is 9.97 Å². The molecule has 0 bridgehead atoms. The van der Waals surface area contributed by atoms with Crippen LogP contribution in [0.3, 0.4) is 0 Å². The molecule has 1 aromatic carbocycles. The van der Waals surface area contributed by atoms with E-state index >= 15 is 0 Å². The van der Waals surface area contributed by atoms with E-state index in [0.29, 0.717) is 35.8 Å². The molecular formula is C25H29F3N4O. The SMILES string of the molecule is CC(C)CC(C)(N)COc1ccc(-c2ccnc(NCc3cccnc3)c2)cc1C(F)(F)F. The fourth-order valence-electron chi connectivity index (χ4n) is 3.69. The Morgan fingerprint density at radius 1 is 1.06 bits per heavy atom. The zero-order chi connectivity index (χ0) is 24.1. The summed E-state index contributed by atoms with van der Waals surface area (Å²) in [6, 6.07) is 11.2. The van der Waals surface area contributed by atoms with Gasteiger partial charge in [-0.05, 0) is 66.3 Å². The van der Waals surface area contributed by atoms with E-state index in [1.54, 1.807) is 43.7 Å². The molecule has 0 radical (unpaired) electrons. The number of halogens is 3. The Balaban J connectivity index is 1.81. The van der Waals surface area contributed by atoms with Gasteiger partial charge < -0.3 is 15.8 Å². The molecule has 0 amide bonds. The number of aromatic nitrogens is 2. The van der Waals surface area contributed by atoms with Gasteiger partial charge in [0.05, 0.1) is 5.56 Å². The number of nitrogens with zero attached hydrogens (tertiary/aromatic N) is 2. The average Bonchev–Trinajstić information content (AvgIpc) is 2.76. The summed E-state index contributed by atoms with van der Waals surface area (Å²) in [5, 5.41) is 3.17. The third kappa shape index (κ3) is 7.18. The lowest BCUT2D eigenvalue weighted by molar-refractivity contribution is -0.139. The molecular weight excluding hydrogens is 429 g/mol. The number of nitrogens with two attached hydrogens (primary N) is 1. The normalized spacial score (nSPS) is 13.6. The molecule has 1 atom stereocenters. The summed E-state index contributed by atoms with van der Waals surface area (Å²) in [7, 11) is 0. The van der Waals surface area contributed by atoms with Gasteiger partial charge in [-0.15, -0.1) is 0 Å². The lowest BCUT2D eigenvalue weighted by Crippen LogP contribution is -2.43. The van der Waals surface area contributed by atoms with Crippen LogP contribution in [-0.2, 0) is 12.7 Å². The highest BCUT2D eigenvalue weighted by molar-refractivity contribution is 5.68. The lowest BCUT2D eigenvalue weighted by atomic mass is 9.93. The Morgan fingerprint density at radius 3 is 2.48 bits per heavy atom. The van der Waals surface area contributed by atoms with Crippen molar-refractivity contribution in [3.05, 3.63) is 72.2 Å². The second-order valence-corrected chi connectivity index (χ2v) is 8.89. The fourth-order valence-corrected chi connectivity index (χ4v) is 3.69. The van der Waals surface area contributed by atoms with Crippen LogP contribution in [0, 0.1) is 5.92 Å². The van der Waals surface area contributed by atoms with Gasteiger partial charge in [0, 0.05) is 30.7 Å². The minimum absolute atomic E-state index is 0.00866. The van der Waals surface area contributed by atoms with E-state index in [0.717, 1.165) is 11.6 Å². The molecule has 176 valence electrons. The maximum atomic E-state index is 13.8. The van der Waals surface area contributed by atoms with Crippen molar-refractivity contribution in [3.8, 4) is 16.9 Å². The van der Waals surface area contributed by atoms with E-state index in [4.69, 9.17) is 10.5 Å². The quantitative estimate of drug-likeness (QED) is 0.417. The van der Waals surface area contributed by atoms with E-state index in [2.05, 4.69) is 15.3 Å². The molecule has 33 heavy (non-hydrogen) atoms. The van der Waals surface area contributed by atoms with Gasteiger partial charge in [0.15, 0.2) is 0 Å². The molecule has 0 saturated carbocycles. The number of nitrogens with one attached hydrogen (secondary N) is 1. The molecule has 3 rings (SSSR count). The molecule has 0 aliphatic carbocycles. The first-order valence-electron chi connectivity index (χ1n) is 10.8. The van der Waals surface area contributed by atoms with Crippen LogP contribution in [-0.4, -0.2) is 22.1 Å². The van der Waals surface area contributed by atoms with E-state index in [-0.39, 0.29) is 12.4 Å². The molecule has 8 heteroatoms. The summed E-state index contributed by atoms with van der Waals surface area (Å²) >= 11 is 0. The van der Waals surface area contributed by atoms with Crippen molar-refractivity contribution in [2.75, 3.05) is 11.9 Å². The van der Waals surface area contributed by atoms with Crippen LogP contribution in [0.25, 0.3) is 11.1 Å². The zero-order valence-corrected chi connectivity index (χ0v) is 19.0. The summed E-state index contributed by atoms with van der Waals surface area (Å²) in [5.74, 6) is 0.634. The van der Waals surface area contributed by atoms with Crippen LogP contribution in [0.15, 0.2) is 61.1 Å². The summed E-state index contributed by atoms with van der Waals surface area (Å²) in [5.41, 5.74) is 6.64. The Hall–Kier alpha value is -3.13. The van der Waals surface area contributed by atoms with Gasteiger partial charge in [-0.1, -0.05) is 26.0 Å². The summed E-state index contributed by atoms with van der Waals surface area (Å²) in [6.07, 6.45) is 1.05. The van der Waals surface area contributed by atoms with Crippen LogP contribution in [0.4, 0.5) is 19.0 Å². The van der Waals surface area contributed by atoms with Gasteiger partial charge in [0.1, 0.15) is 18.2 Å². The molecule has 1 unspecified atom stereocenters. The molecule has 5 nitrogen and oxygen atoms in total. The van der Waals surface area contributed by atoms with Crippen LogP contribution in [0.2, 0.25) is 0 Å². The molecule has 0 spiro atoms. The third-order valence-electron chi connectivity index (χ3n) is 5.01. The average molecular weight is 459 g/mol. The number of anilines is 1. The molecule has 2 heterocycles. The number of hydrogen-bond acceptors (Lipinski definition) is 5. The van der Waals surface area contributed by atoms with Crippen LogP contribution >= 0.6 is 0 Å². The van der Waals surface area contributed by atoms with Gasteiger partial charge in [0.2, 0.25) is 0 Å². The molecule has 3 N–H and O–H groups in total. The highest BCUT2D eigenvalue weighted by Crippen LogP contribution is 2.39. The van der Waals surface area contributed by atoms with Gasteiger partial charge in [-0.25, -0.2) is 4.98 Å². The number of ether oxygens (including phenoxy) is 1. The monoisotopic (exact) mass is 458 g/mol. The van der Waals surface area contributed by atoms with Crippen molar-refractivity contribution in [2.45, 2.75) is 45.5 Å². The van der Waals surface area contributed by atoms with E-state index in [1.807, 2.05) is 26.0 Å². The maximum absolute atomic E-state index is 13.8. The summed E-state index contributed by atoms with van der Waals surface area (Å²) in [4.78, 5) is 8.32. The summed E-state index contributed by atoms with van der Waals surface area (Å²) in [6.45, 7) is 6.29. The van der Waals surface area contributed by atoms with E-state index < -0.39 is 17.3 Å². The maximum Gasteiger partial charge on any atom is 0.419 e. The number of pyridine rings is 2. The minimum Gasteiger partial charge on any atom is -0.491 e. The van der Waals surface area contributed by atoms with Gasteiger partial charge >= 0.3 is 6.18 Å². The van der Waals surface area contributed by atoms with Crippen molar-refractivity contribution in [2.24, 2.45) is 11.7 Å². The first kappa shape index (κ1) is 24.5. The predicted molar refractivity (Wildman–Crippen MR) is 124 cm³/mol. The second kappa shape index (κ2) is 10.2. The standard InChI is InChI=1S/C25H29F3N4O/c1-17(2)13-24(3,29)16-33-22-7-6-19(11-21(22)25(26,27)28)20-8-10-31-23(12-20)32-15-18-5-4-9-30-14-18/h4-12,14,17H,13,15-16,29H2,1-3H3,(H,31,32). The third-order valence-corrected chi connectivity index (χ3v) is 5.01. The largest absolute Gasteiger partial charge is 0.491 e. The molecule has 0 saturated heterocycles. The van der Waals surface area contributed by atoms with Gasteiger partial charge in [-0.2, -0.15) is 13.2 Å². The molecule has 2 aromatic heterocycles. The van der Waals surface area contributed by atoms with Crippen molar-refractivity contribution >= 4 is 5.82 Å². The first-order valence-corrected chi connectivity index (χ1v) is 10.8. The van der Waals surface area contributed by atoms with Crippen molar-refractivity contribution < 1.29 is 17.9 Å². The van der Waals surface area contributed by atoms with Crippen LogP contribution in [0.5, 0.6) is 5.75 Å². The highest BCUT2D eigenvalue weighted by Gasteiger charge is 2.35. The van der Waals surface area contributed by atoms with Gasteiger partial charge in [0.25, 0.3) is 0 Å². The fraction of sp³-hybridized carbons (Fsp3) is 0.360. The molecule has 0 aliphatic heterocycles. The Labute approximate surface area is 192 Å². The zero-order valence-electron chi connectivity index (χ0n) is 19.0. The predicted octanol–water partition coefficient (Wildman–Crippen LogP) is 5.92. The number of benzene rings is 1. The topological polar surface area (TPSA) is 73.1 Å². The Kier molecular flexibility index (Phi) is 7.58. The smallest absolute Gasteiger partial charge is 0.419 e. The number of alkyl halides is 3. The number of rotatable bonds is 9. The van der Waals surface area contributed by atoms with E-state index in [9.17, 15) is 13.2 Å². The molecule has 0 fully saturated rings. The van der Waals surface area contributed by atoms with Gasteiger partial charge in [-0.3, -0.25) is 4.98 Å². The van der Waals surface area contributed by atoms with Crippen LogP contribution < -0.4 is 15.8 Å². The molecule has 0 aliphatic rings.